The largest absolute Gasteiger partial charge is 0.366 e. The van der Waals surface area contributed by atoms with Crippen molar-refractivity contribution < 1.29 is 8.78 Å². The first-order valence-corrected chi connectivity index (χ1v) is 8.96. The summed E-state index contributed by atoms with van der Waals surface area (Å²) in [6.07, 6.45) is 3.31. The molecule has 0 radical (unpaired) electrons. The molecule has 1 aromatic carbocycles. The number of benzene rings is 1. The van der Waals surface area contributed by atoms with Crippen LogP contribution in [0.2, 0.25) is 0 Å². The third kappa shape index (κ3) is 5.36. The molecule has 0 unspecified atom stereocenters. The maximum atomic E-state index is 13.3. The average molecular weight is 361 g/mol. The van der Waals surface area contributed by atoms with E-state index < -0.39 is 11.6 Å². The van der Waals surface area contributed by atoms with Crippen LogP contribution in [0, 0.1) is 11.6 Å². The van der Waals surface area contributed by atoms with E-state index >= 15 is 0 Å². The summed E-state index contributed by atoms with van der Waals surface area (Å²) in [5.41, 5.74) is 1.69. The van der Waals surface area contributed by atoms with Crippen LogP contribution < -0.4 is 10.6 Å². The van der Waals surface area contributed by atoms with Gasteiger partial charge in [-0.3, -0.25) is 0 Å². The van der Waals surface area contributed by atoms with Crippen molar-refractivity contribution in [3.05, 3.63) is 47.2 Å². The van der Waals surface area contributed by atoms with E-state index in [2.05, 4.69) is 25.5 Å². The topological polar surface area (TPSA) is 53.1 Å². The Labute approximate surface area is 152 Å². The maximum absolute atomic E-state index is 13.3. The predicted molar refractivity (Wildman–Crippen MR) is 99.4 cm³/mol. The lowest BCUT2D eigenvalue weighted by atomic mass is 10.2. The number of aromatic nitrogens is 2. The highest BCUT2D eigenvalue weighted by molar-refractivity contribution is 5.44. The Morgan fingerprint density at radius 3 is 2.58 bits per heavy atom. The highest BCUT2D eigenvalue weighted by Crippen LogP contribution is 2.39. The van der Waals surface area contributed by atoms with Gasteiger partial charge in [-0.05, 0) is 57.6 Å². The van der Waals surface area contributed by atoms with Gasteiger partial charge in [0.15, 0.2) is 11.6 Å². The van der Waals surface area contributed by atoms with Gasteiger partial charge in [-0.1, -0.05) is 6.07 Å². The molecule has 26 heavy (non-hydrogen) atoms. The van der Waals surface area contributed by atoms with E-state index in [1.165, 1.54) is 6.07 Å². The minimum absolute atomic E-state index is 0.373. The second-order valence-corrected chi connectivity index (χ2v) is 6.96. The van der Waals surface area contributed by atoms with Crippen LogP contribution >= 0.6 is 0 Å². The number of nitrogens with zero attached hydrogens (tertiary/aromatic N) is 3. The fourth-order valence-corrected chi connectivity index (χ4v) is 2.66. The molecule has 0 saturated heterocycles. The van der Waals surface area contributed by atoms with E-state index in [-0.39, 0.29) is 0 Å². The highest BCUT2D eigenvalue weighted by Gasteiger charge is 2.26. The molecule has 3 rings (SSSR count). The van der Waals surface area contributed by atoms with Gasteiger partial charge in [0.1, 0.15) is 5.82 Å². The van der Waals surface area contributed by atoms with E-state index in [1.807, 2.05) is 20.2 Å². The van der Waals surface area contributed by atoms with Crippen molar-refractivity contribution in [3.63, 3.8) is 0 Å². The van der Waals surface area contributed by atoms with Crippen molar-refractivity contribution in [1.29, 1.82) is 0 Å². The summed E-state index contributed by atoms with van der Waals surface area (Å²) in [5, 5.41) is 6.47. The molecule has 2 N–H and O–H groups in total. The molecule has 0 atom stereocenters. The Kier molecular flexibility index (Phi) is 5.98. The molecule has 1 aliphatic rings. The lowest BCUT2D eigenvalue weighted by Crippen LogP contribution is -2.17. The smallest absolute Gasteiger partial charge is 0.224 e. The summed E-state index contributed by atoms with van der Waals surface area (Å²) < 4.78 is 26.4. The quantitative estimate of drug-likeness (QED) is 0.668. The van der Waals surface area contributed by atoms with Crippen LogP contribution in [0.15, 0.2) is 24.3 Å². The van der Waals surface area contributed by atoms with Crippen LogP contribution in [0.25, 0.3) is 0 Å². The first-order valence-electron chi connectivity index (χ1n) is 8.96. The second kappa shape index (κ2) is 8.40. The lowest BCUT2D eigenvalue weighted by molar-refractivity contribution is 0.405. The van der Waals surface area contributed by atoms with Gasteiger partial charge in [0.2, 0.25) is 5.95 Å². The Hall–Kier alpha value is -2.28. The molecular weight excluding hydrogens is 336 g/mol. The second-order valence-electron chi connectivity index (χ2n) is 6.96. The van der Waals surface area contributed by atoms with Crippen molar-refractivity contribution >= 4 is 11.8 Å². The van der Waals surface area contributed by atoms with E-state index in [0.29, 0.717) is 29.8 Å². The van der Waals surface area contributed by atoms with Gasteiger partial charge in [0.25, 0.3) is 0 Å². The van der Waals surface area contributed by atoms with E-state index in [9.17, 15) is 8.78 Å². The molecule has 1 fully saturated rings. The molecule has 7 heteroatoms. The molecule has 140 valence electrons. The summed E-state index contributed by atoms with van der Waals surface area (Å²) in [6.45, 7) is 2.17. The van der Waals surface area contributed by atoms with Crippen molar-refractivity contribution in [3.8, 4) is 0 Å². The first kappa shape index (κ1) is 18.5. The van der Waals surface area contributed by atoms with Crippen molar-refractivity contribution in [2.24, 2.45) is 0 Å². The third-order valence-electron chi connectivity index (χ3n) is 4.26. The minimum Gasteiger partial charge on any atom is -0.366 e. The van der Waals surface area contributed by atoms with E-state index in [4.69, 9.17) is 0 Å². The number of hydrogen-bond acceptors (Lipinski definition) is 5. The standard InChI is InChI=1S/C19H25F2N5/c1-26(2)9-3-8-22-19-24-17(14-5-6-14)11-18(25-19)23-12-13-4-7-15(20)16(21)10-13/h4,7,10-11,14H,3,5-6,8-9,12H2,1-2H3,(H2,22,23,24,25). The van der Waals surface area contributed by atoms with Crippen molar-refractivity contribution in [2.75, 3.05) is 37.8 Å². The summed E-state index contributed by atoms with van der Waals surface area (Å²) >= 11 is 0. The summed E-state index contributed by atoms with van der Waals surface area (Å²) in [7, 11) is 4.09. The SMILES string of the molecule is CN(C)CCCNc1nc(NCc2ccc(F)c(F)c2)cc(C2CC2)n1. The number of nitrogens with one attached hydrogen (secondary N) is 2. The van der Waals surface area contributed by atoms with Crippen LogP contribution in [0.3, 0.4) is 0 Å². The Balaban J connectivity index is 1.64. The van der Waals surface area contributed by atoms with Gasteiger partial charge in [-0.15, -0.1) is 0 Å². The number of halogens is 2. The molecule has 2 aromatic rings. The van der Waals surface area contributed by atoms with Gasteiger partial charge in [-0.25, -0.2) is 13.8 Å². The van der Waals surface area contributed by atoms with Crippen LogP contribution in [0.5, 0.6) is 0 Å². The van der Waals surface area contributed by atoms with Crippen LogP contribution in [-0.2, 0) is 6.54 Å². The molecule has 1 saturated carbocycles. The predicted octanol–water partition coefficient (Wildman–Crippen LogP) is 3.61. The molecular formula is C19H25F2N5. The van der Waals surface area contributed by atoms with Crippen LogP contribution in [0.4, 0.5) is 20.5 Å². The average Bonchev–Trinajstić information content (AvgIpc) is 3.45. The van der Waals surface area contributed by atoms with E-state index in [1.54, 1.807) is 6.07 Å². The first-order chi connectivity index (χ1) is 12.5. The lowest BCUT2D eigenvalue weighted by Gasteiger charge is -2.12. The monoisotopic (exact) mass is 361 g/mol. The highest BCUT2D eigenvalue weighted by atomic mass is 19.2. The summed E-state index contributed by atoms with van der Waals surface area (Å²) in [6, 6.07) is 5.85. The Morgan fingerprint density at radius 2 is 1.88 bits per heavy atom. The van der Waals surface area contributed by atoms with Crippen LogP contribution in [0.1, 0.15) is 36.4 Å². The Morgan fingerprint density at radius 1 is 1.08 bits per heavy atom. The number of anilines is 2. The fourth-order valence-electron chi connectivity index (χ4n) is 2.66. The molecule has 1 heterocycles. The number of hydrogen-bond donors (Lipinski definition) is 2. The fraction of sp³-hybridized carbons (Fsp3) is 0.474. The minimum atomic E-state index is -0.839. The van der Waals surface area contributed by atoms with Gasteiger partial charge < -0.3 is 15.5 Å². The molecule has 0 spiro atoms. The zero-order chi connectivity index (χ0) is 18.5. The molecule has 1 aromatic heterocycles. The maximum Gasteiger partial charge on any atom is 0.224 e. The van der Waals surface area contributed by atoms with E-state index in [0.717, 1.165) is 44.1 Å². The molecule has 5 nitrogen and oxygen atoms in total. The van der Waals surface area contributed by atoms with Gasteiger partial charge >= 0.3 is 0 Å². The van der Waals surface area contributed by atoms with Crippen molar-refractivity contribution in [1.82, 2.24) is 14.9 Å². The zero-order valence-electron chi connectivity index (χ0n) is 15.2. The molecule has 0 aliphatic heterocycles. The summed E-state index contributed by atoms with van der Waals surface area (Å²) in [4.78, 5) is 11.2. The van der Waals surface area contributed by atoms with Gasteiger partial charge in [-0.2, -0.15) is 4.98 Å². The van der Waals surface area contributed by atoms with Crippen molar-refractivity contribution in [2.45, 2.75) is 31.7 Å². The summed E-state index contributed by atoms with van der Waals surface area (Å²) in [5.74, 6) is 0.136. The normalized spacial score (nSPS) is 13.9. The Bertz CT molecular complexity index is 747. The zero-order valence-corrected chi connectivity index (χ0v) is 15.2. The number of rotatable bonds is 9. The molecule has 1 aliphatic carbocycles. The molecule has 0 amide bonds. The van der Waals surface area contributed by atoms with Crippen LogP contribution in [-0.4, -0.2) is 42.1 Å². The van der Waals surface area contributed by atoms with Gasteiger partial charge in [0, 0.05) is 25.1 Å². The molecule has 0 bridgehead atoms. The van der Waals surface area contributed by atoms with Gasteiger partial charge in [0.05, 0.1) is 5.69 Å². The third-order valence-corrected chi connectivity index (χ3v) is 4.26.